The van der Waals surface area contributed by atoms with Gasteiger partial charge < -0.3 is 4.74 Å². The van der Waals surface area contributed by atoms with Gasteiger partial charge in [0.05, 0.1) is 24.8 Å². The predicted molar refractivity (Wildman–Crippen MR) is 108 cm³/mol. The number of ether oxygens (including phenoxy) is 1. The van der Waals surface area contributed by atoms with E-state index in [0.29, 0.717) is 24.4 Å². The maximum absolute atomic E-state index is 12.0. The van der Waals surface area contributed by atoms with Gasteiger partial charge in [-0.3, -0.25) is 4.68 Å². The van der Waals surface area contributed by atoms with Crippen LogP contribution in [0.25, 0.3) is 11.1 Å². The van der Waals surface area contributed by atoms with Gasteiger partial charge in [0.25, 0.3) is 0 Å². The minimum atomic E-state index is -0.387. The SMILES string of the molecule is CCCc1cc(C(=O)OCC)nn1Cc1ccc(-c2ccccc2C#N)cc1. The largest absolute Gasteiger partial charge is 0.461 e. The molecule has 142 valence electrons. The highest BCUT2D eigenvalue weighted by atomic mass is 16.5. The Labute approximate surface area is 165 Å². The molecule has 0 saturated carbocycles. The molecule has 0 fully saturated rings. The van der Waals surface area contributed by atoms with Crippen molar-refractivity contribution in [2.75, 3.05) is 6.61 Å². The van der Waals surface area contributed by atoms with Crippen molar-refractivity contribution < 1.29 is 9.53 Å². The molecule has 0 unspecified atom stereocenters. The van der Waals surface area contributed by atoms with Gasteiger partial charge in [-0.1, -0.05) is 55.8 Å². The van der Waals surface area contributed by atoms with E-state index in [4.69, 9.17) is 4.74 Å². The van der Waals surface area contributed by atoms with Gasteiger partial charge in [0.1, 0.15) is 0 Å². The third-order valence-electron chi connectivity index (χ3n) is 4.50. The summed E-state index contributed by atoms with van der Waals surface area (Å²) in [4.78, 5) is 12.0. The molecule has 0 aliphatic rings. The molecule has 0 amide bonds. The molecule has 0 spiro atoms. The fourth-order valence-corrected chi connectivity index (χ4v) is 3.15. The van der Waals surface area contributed by atoms with Gasteiger partial charge in [-0.05, 0) is 42.2 Å². The summed E-state index contributed by atoms with van der Waals surface area (Å²) >= 11 is 0. The molecule has 0 aliphatic heterocycles. The Morgan fingerprint density at radius 2 is 1.89 bits per heavy atom. The maximum atomic E-state index is 12.0. The maximum Gasteiger partial charge on any atom is 0.358 e. The summed E-state index contributed by atoms with van der Waals surface area (Å²) in [5, 5.41) is 13.7. The molecule has 3 aromatic rings. The standard InChI is InChI=1S/C23H23N3O2/c1-3-7-20-14-22(23(27)28-4-2)25-26(20)16-17-10-12-18(13-11-17)21-9-6-5-8-19(21)15-24/h5-6,8-14H,3-4,7,16H2,1-2H3. The van der Waals surface area contributed by atoms with Gasteiger partial charge in [0, 0.05) is 5.69 Å². The lowest BCUT2D eigenvalue weighted by Crippen LogP contribution is -2.09. The average molecular weight is 373 g/mol. The second-order valence-electron chi connectivity index (χ2n) is 6.50. The Balaban J connectivity index is 1.84. The van der Waals surface area contributed by atoms with Crippen molar-refractivity contribution in [1.29, 1.82) is 5.26 Å². The zero-order chi connectivity index (χ0) is 19.9. The minimum Gasteiger partial charge on any atom is -0.461 e. The molecule has 3 rings (SSSR count). The van der Waals surface area contributed by atoms with E-state index in [1.165, 1.54) is 0 Å². The number of nitriles is 1. The van der Waals surface area contributed by atoms with Crippen LogP contribution in [0, 0.1) is 11.3 Å². The molecule has 0 atom stereocenters. The third-order valence-corrected chi connectivity index (χ3v) is 4.50. The van der Waals surface area contributed by atoms with Crippen LogP contribution in [0.5, 0.6) is 0 Å². The van der Waals surface area contributed by atoms with E-state index in [1.54, 1.807) is 6.92 Å². The van der Waals surface area contributed by atoms with Crippen LogP contribution < -0.4 is 0 Å². The van der Waals surface area contributed by atoms with Crippen LogP contribution >= 0.6 is 0 Å². The summed E-state index contributed by atoms with van der Waals surface area (Å²) < 4.78 is 6.94. The Kier molecular flexibility index (Phi) is 6.23. The van der Waals surface area contributed by atoms with E-state index >= 15 is 0 Å². The second kappa shape index (κ2) is 9.01. The Bertz CT molecular complexity index is 997. The highest BCUT2D eigenvalue weighted by molar-refractivity contribution is 5.87. The molecule has 1 heterocycles. The zero-order valence-electron chi connectivity index (χ0n) is 16.2. The summed E-state index contributed by atoms with van der Waals surface area (Å²) in [7, 11) is 0. The minimum absolute atomic E-state index is 0.334. The number of rotatable bonds is 7. The van der Waals surface area contributed by atoms with Crippen molar-refractivity contribution >= 4 is 5.97 Å². The van der Waals surface area contributed by atoms with Crippen LogP contribution in [-0.2, 0) is 17.7 Å². The Morgan fingerprint density at radius 3 is 2.57 bits per heavy atom. The topological polar surface area (TPSA) is 67.9 Å². The van der Waals surface area contributed by atoms with E-state index in [2.05, 4.69) is 18.1 Å². The molecule has 1 aromatic heterocycles. The van der Waals surface area contributed by atoms with Gasteiger partial charge in [-0.15, -0.1) is 0 Å². The summed E-state index contributed by atoms with van der Waals surface area (Å²) in [5.41, 5.74) is 5.03. The first-order valence-corrected chi connectivity index (χ1v) is 9.48. The van der Waals surface area contributed by atoms with Gasteiger partial charge in [0.15, 0.2) is 5.69 Å². The molecule has 0 saturated heterocycles. The van der Waals surface area contributed by atoms with Crippen LogP contribution in [0.15, 0.2) is 54.6 Å². The molecule has 5 nitrogen and oxygen atoms in total. The predicted octanol–water partition coefficient (Wildman–Crippen LogP) is 4.60. The van der Waals surface area contributed by atoms with Crippen LogP contribution in [0.3, 0.4) is 0 Å². The smallest absolute Gasteiger partial charge is 0.358 e. The first-order valence-electron chi connectivity index (χ1n) is 9.48. The fourth-order valence-electron chi connectivity index (χ4n) is 3.15. The molecule has 0 bridgehead atoms. The lowest BCUT2D eigenvalue weighted by molar-refractivity contribution is 0.0518. The molecule has 2 aromatic carbocycles. The Hall–Kier alpha value is -3.39. The van der Waals surface area contributed by atoms with Gasteiger partial charge in [-0.2, -0.15) is 10.4 Å². The molecule has 0 radical (unpaired) electrons. The lowest BCUT2D eigenvalue weighted by atomic mass is 9.99. The number of benzene rings is 2. The number of carbonyl (C=O) groups is 1. The van der Waals surface area contributed by atoms with Crippen molar-refractivity contribution in [3.63, 3.8) is 0 Å². The van der Waals surface area contributed by atoms with Crippen molar-refractivity contribution in [2.45, 2.75) is 33.2 Å². The summed E-state index contributed by atoms with van der Waals surface area (Å²) in [6, 6.07) is 19.7. The zero-order valence-corrected chi connectivity index (χ0v) is 16.2. The number of aryl methyl sites for hydroxylation is 1. The highest BCUT2D eigenvalue weighted by Gasteiger charge is 2.15. The molecular weight excluding hydrogens is 350 g/mol. The molecule has 28 heavy (non-hydrogen) atoms. The Morgan fingerprint density at radius 1 is 1.14 bits per heavy atom. The van der Waals surface area contributed by atoms with Crippen molar-refractivity contribution in [3.8, 4) is 17.2 Å². The third kappa shape index (κ3) is 4.29. The molecule has 5 heteroatoms. The van der Waals surface area contributed by atoms with Gasteiger partial charge in [-0.25, -0.2) is 4.79 Å². The van der Waals surface area contributed by atoms with Gasteiger partial charge in [0.2, 0.25) is 0 Å². The van der Waals surface area contributed by atoms with Crippen LogP contribution in [-0.4, -0.2) is 22.4 Å². The van der Waals surface area contributed by atoms with Crippen molar-refractivity contribution in [3.05, 3.63) is 77.1 Å². The molecule has 0 N–H and O–H groups in total. The quantitative estimate of drug-likeness (QED) is 0.568. The first-order chi connectivity index (χ1) is 13.7. The number of aromatic nitrogens is 2. The number of hydrogen-bond donors (Lipinski definition) is 0. The van der Waals surface area contributed by atoms with E-state index < -0.39 is 0 Å². The second-order valence-corrected chi connectivity index (χ2v) is 6.50. The normalized spacial score (nSPS) is 10.5. The number of nitrogens with zero attached hydrogens (tertiary/aromatic N) is 3. The van der Waals surface area contributed by atoms with E-state index in [9.17, 15) is 10.1 Å². The highest BCUT2D eigenvalue weighted by Crippen LogP contribution is 2.24. The van der Waals surface area contributed by atoms with Crippen molar-refractivity contribution in [1.82, 2.24) is 9.78 Å². The monoisotopic (exact) mass is 373 g/mol. The number of esters is 1. The van der Waals surface area contributed by atoms with Crippen molar-refractivity contribution in [2.24, 2.45) is 0 Å². The van der Waals surface area contributed by atoms with Crippen LogP contribution in [0.2, 0.25) is 0 Å². The summed E-state index contributed by atoms with van der Waals surface area (Å²) in [6.07, 6.45) is 1.82. The summed E-state index contributed by atoms with van der Waals surface area (Å²) in [5.74, 6) is -0.387. The van der Waals surface area contributed by atoms with Crippen LogP contribution in [0.4, 0.5) is 0 Å². The van der Waals surface area contributed by atoms with E-state index in [-0.39, 0.29) is 5.97 Å². The first kappa shape index (κ1) is 19.4. The molecule has 0 aliphatic carbocycles. The number of carbonyl (C=O) groups excluding carboxylic acids is 1. The lowest BCUT2D eigenvalue weighted by Gasteiger charge is -2.09. The van der Waals surface area contributed by atoms with Gasteiger partial charge >= 0.3 is 5.97 Å². The fraction of sp³-hybridized carbons (Fsp3) is 0.261. The van der Waals surface area contributed by atoms with E-state index in [0.717, 1.165) is 35.2 Å². The van der Waals surface area contributed by atoms with Crippen LogP contribution in [0.1, 0.15) is 47.6 Å². The molecular formula is C23H23N3O2. The average Bonchev–Trinajstić information content (AvgIpc) is 3.12. The van der Waals surface area contributed by atoms with E-state index in [1.807, 2.05) is 59.3 Å². The number of hydrogen-bond acceptors (Lipinski definition) is 4. The summed E-state index contributed by atoms with van der Waals surface area (Å²) in [6.45, 7) is 4.80.